The largest absolute Gasteiger partial charge is 0.364 e. The van der Waals surface area contributed by atoms with Crippen LogP contribution in [-0.2, 0) is 9.53 Å². The summed E-state index contributed by atoms with van der Waals surface area (Å²) >= 11 is 0. The Morgan fingerprint density at radius 2 is 2.31 bits per heavy atom. The van der Waals surface area contributed by atoms with Gasteiger partial charge in [0.25, 0.3) is 0 Å². The Morgan fingerprint density at radius 1 is 1.56 bits per heavy atom. The highest BCUT2D eigenvalue weighted by molar-refractivity contribution is 5.80. The SMILES string of the molecule is CCC(C)NC(=O)C(C)OC1CCCNC1. The third-order valence-electron chi connectivity index (χ3n) is 3.02. The Hall–Kier alpha value is -0.610. The first-order valence-electron chi connectivity index (χ1n) is 6.30. The molecule has 1 rings (SSSR count). The van der Waals surface area contributed by atoms with E-state index in [0.717, 1.165) is 32.4 Å². The molecule has 1 heterocycles. The van der Waals surface area contributed by atoms with Gasteiger partial charge in [-0.25, -0.2) is 0 Å². The molecule has 0 aliphatic carbocycles. The van der Waals surface area contributed by atoms with Crippen molar-refractivity contribution in [3.8, 4) is 0 Å². The zero-order valence-electron chi connectivity index (χ0n) is 10.6. The third-order valence-corrected chi connectivity index (χ3v) is 3.02. The molecule has 0 spiro atoms. The molecule has 4 heteroatoms. The molecule has 3 atom stereocenters. The van der Waals surface area contributed by atoms with E-state index in [-0.39, 0.29) is 24.2 Å². The zero-order valence-corrected chi connectivity index (χ0v) is 10.6. The summed E-state index contributed by atoms with van der Waals surface area (Å²) in [6, 6.07) is 0.225. The van der Waals surface area contributed by atoms with Gasteiger partial charge in [-0.05, 0) is 39.7 Å². The summed E-state index contributed by atoms with van der Waals surface area (Å²) in [4.78, 5) is 11.7. The molecule has 1 aliphatic rings. The summed E-state index contributed by atoms with van der Waals surface area (Å²) in [5, 5.41) is 6.21. The molecule has 0 radical (unpaired) electrons. The number of amides is 1. The lowest BCUT2D eigenvalue weighted by Gasteiger charge is -2.26. The molecule has 1 saturated heterocycles. The maximum atomic E-state index is 11.7. The lowest BCUT2D eigenvalue weighted by molar-refractivity contribution is -0.136. The van der Waals surface area contributed by atoms with E-state index in [1.165, 1.54) is 0 Å². The first-order valence-corrected chi connectivity index (χ1v) is 6.30. The lowest BCUT2D eigenvalue weighted by atomic mass is 10.1. The van der Waals surface area contributed by atoms with Crippen molar-refractivity contribution in [1.29, 1.82) is 0 Å². The van der Waals surface area contributed by atoms with Crippen molar-refractivity contribution < 1.29 is 9.53 Å². The predicted molar refractivity (Wildman–Crippen MR) is 64.3 cm³/mol. The molecule has 0 aromatic carbocycles. The second-order valence-corrected chi connectivity index (χ2v) is 4.56. The van der Waals surface area contributed by atoms with Gasteiger partial charge in [-0.3, -0.25) is 4.79 Å². The topological polar surface area (TPSA) is 50.4 Å². The first kappa shape index (κ1) is 13.5. The van der Waals surface area contributed by atoms with Gasteiger partial charge in [-0.2, -0.15) is 0 Å². The normalized spacial score (nSPS) is 24.8. The van der Waals surface area contributed by atoms with Crippen LogP contribution >= 0.6 is 0 Å². The highest BCUT2D eigenvalue weighted by Crippen LogP contribution is 2.09. The summed E-state index contributed by atoms with van der Waals surface area (Å²) in [6.45, 7) is 7.81. The standard InChI is InChI=1S/C12H24N2O2/c1-4-9(2)14-12(15)10(3)16-11-6-5-7-13-8-11/h9-11,13H,4-8H2,1-3H3,(H,14,15). The summed E-state index contributed by atoms with van der Waals surface area (Å²) < 4.78 is 5.72. The summed E-state index contributed by atoms with van der Waals surface area (Å²) in [5.41, 5.74) is 0. The number of hydrogen-bond donors (Lipinski definition) is 2. The zero-order chi connectivity index (χ0) is 12.0. The number of carbonyl (C=O) groups excluding carboxylic acids is 1. The van der Waals surface area contributed by atoms with E-state index in [0.29, 0.717) is 0 Å². The van der Waals surface area contributed by atoms with E-state index in [4.69, 9.17) is 4.74 Å². The number of nitrogens with one attached hydrogen (secondary N) is 2. The van der Waals surface area contributed by atoms with Gasteiger partial charge in [0.15, 0.2) is 0 Å². The summed E-state index contributed by atoms with van der Waals surface area (Å²) in [6.07, 6.45) is 2.97. The molecular weight excluding hydrogens is 204 g/mol. The van der Waals surface area contributed by atoms with Crippen LogP contribution in [0.15, 0.2) is 0 Å². The lowest BCUT2D eigenvalue weighted by Crippen LogP contribution is -2.44. The van der Waals surface area contributed by atoms with E-state index in [1.54, 1.807) is 0 Å². The van der Waals surface area contributed by atoms with Crippen LogP contribution in [-0.4, -0.2) is 37.2 Å². The van der Waals surface area contributed by atoms with Crippen LogP contribution in [0.25, 0.3) is 0 Å². The molecule has 94 valence electrons. The van der Waals surface area contributed by atoms with Crippen molar-refractivity contribution in [3.05, 3.63) is 0 Å². The molecule has 0 bridgehead atoms. The monoisotopic (exact) mass is 228 g/mol. The third kappa shape index (κ3) is 4.49. The molecule has 0 aromatic rings. The van der Waals surface area contributed by atoms with Crippen molar-refractivity contribution in [2.24, 2.45) is 0 Å². The van der Waals surface area contributed by atoms with E-state index in [2.05, 4.69) is 17.6 Å². The van der Waals surface area contributed by atoms with Gasteiger partial charge >= 0.3 is 0 Å². The van der Waals surface area contributed by atoms with Crippen LogP contribution in [0.2, 0.25) is 0 Å². The Morgan fingerprint density at radius 3 is 2.88 bits per heavy atom. The molecular formula is C12H24N2O2. The van der Waals surface area contributed by atoms with Crippen molar-refractivity contribution in [2.45, 2.75) is 58.3 Å². The Kier molecular flexibility index (Phi) is 5.77. The maximum absolute atomic E-state index is 11.7. The molecule has 0 saturated carbocycles. The second kappa shape index (κ2) is 6.86. The Balaban J connectivity index is 2.27. The average molecular weight is 228 g/mol. The molecule has 1 amide bonds. The molecule has 1 aliphatic heterocycles. The van der Waals surface area contributed by atoms with E-state index >= 15 is 0 Å². The van der Waals surface area contributed by atoms with Crippen LogP contribution in [0.5, 0.6) is 0 Å². The fraction of sp³-hybridized carbons (Fsp3) is 0.917. The van der Waals surface area contributed by atoms with Gasteiger partial charge in [0.1, 0.15) is 6.10 Å². The van der Waals surface area contributed by atoms with Gasteiger partial charge in [0, 0.05) is 12.6 Å². The van der Waals surface area contributed by atoms with Crippen molar-refractivity contribution >= 4 is 5.91 Å². The fourth-order valence-electron chi connectivity index (χ4n) is 1.75. The van der Waals surface area contributed by atoms with Gasteiger partial charge in [-0.1, -0.05) is 6.92 Å². The molecule has 16 heavy (non-hydrogen) atoms. The number of rotatable bonds is 5. The smallest absolute Gasteiger partial charge is 0.249 e. The van der Waals surface area contributed by atoms with Crippen LogP contribution in [0.1, 0.15) is 40.0 Å². The highest BCUT2D eigenvalue weighted by Gasteiger charge is 2.21. The molecule has 1 fully saturated rings. The highest BCUT2D eigenvalue weighted by atomic mass is 16.5. The predicted octanol–water partition coefficient (Wildman–Crippen LogP) is 1.06. The van der Waals surface area contributed by atoms with Gasteiger partial charge in [-0.15, -0.1) is 0 Å². The second-order valence-electron chi connectivity index (χ2n) is 4.56. The molecule has 0 aromatic heterocycles. The first-order chi connectivity index (χ1) is 7.63. The number of ether oxygens (including phenoxy) is 1. The average Bonchev–Trinajstić information content (AvgIpc) is 2.30. The molecule has 3 unspecified atom stereocenters. The van der Waals surface area contributed by atoms with Gasteiger partial charge < -0.3 is 15.4 Å². The van der Waals surface area contributed by atoms with Crippen LogP contribution in [0.3, 0.4) is 0 Å². The van der Waals surface area contributed by atoms with Gasteiger partial charge in [0.05, 0.1) is 6.10 Å². The Labute approximate surface area is 98.1 Å². The van der Waals surface area contributed by atoms with Crippen molar-refractivity contribution in [2.75, 3.05) is 13.1 Å². The number of piperidine rings is 1. The summed E-state index contributed by atoms with van der Waals surface area (Å²) in [7, 11) is 0. The van der Waals surface area contributed by atoms with E-state index in [9.17, 15) is 4.79 Å². The summed E-state index contributed by atoms with van der Waals surface area (Å²) in [5.74, 6) is -0.0000709. The quantitative estimate of drug-likeness (QED) is 0.739. The van der Waals surface area contributed by atoms with E-state index in [1.807, 2.05) is 13.8 Å². The number of hydrogen-bond acceptors (Lipinski definition) is 3. The minimum Gasteiger partial charge on any atom is -0.364 e. The van der Waals surface area contributed by atoms with E-state index < -0.39 is 0 Å². The van der Waals surface area contributed by atoms with Gasteiger partial charge in [0.2, 0.25) is 5.91 Å². The van der Waals surface area contributed by atoms with Crippen molar-refractivity contribution in [3.63, 3.8) is 0 Å². The molecule has 4 nitrogen and oxygen atoms in total. The van der Waals surface area contributed by atoms with Crippen LogP contribution < -0.4 is 10.6 Å². The van der Waals surface area contributed by atoms with Crippen LogP contribution in [0, 0.1) is 0 Å². The fourth-order valence-corrected chi connectivity index (χ4v) is 1.75. The minimum atomic E-state index is -0.348. The number of carbonyl (C=O) groups is 1. The van der Waals surface area contributed by atoms with Crippen LogP contribution in [0.4, 0.5) is 0 Å². The molecule has 2 N–H and O–H groups in total. The Bertz CT molecular complexity index is 215. The maximum Gasteiger partial charge on any atom is 0.249 e. The van der Waals surface area contributed by atoms with Crippen molar-refractivity contribution in [1.82, 2.24) is 10.6 Å². The minimum absolute atomic E-state index is 0.0000709.